The van der Waals surface area contributed by atoms with E-state index >= 15 is 0 Å². The van der Waals surface area contributed by atoms with E-state index < -0.39 is 6.04 Å². The summed E-state index contributed by atoms with van der Waals surface area (Å²) in [5.41, 5.74) is 1.86. The van der Waals surface area contributed by atoms with Crippen molar-refractivity contribution in [3.63, 3.8) is 0 Å². The van der Waals surface area contributed by atoms with Gasteiger partial charge in [0, 0.05) is 31.0 Å². The molecule has 1 N–H and O–H groups in total. The molecular formula is C23H29ClN2O2. The van der Waals surface area contributed by atoms with Gasteiger partial charge in [-0.25, -0.2) is 0 Å². The molecule has 0 unspecified atom stereocenters. The number of hydrogen-bond acceptors (Lipinski definition) is 2. The lowest BCUT2D eigenvalue weighted by Gasteiger charge is -2.31. The average molecular weight is 401 g/mol. The summed E-state index contributed by atoms with van der Waals surface area (Å²) in [7, 11) is 0. The highest BCUT2D eigenvalue weighted by Gasteiger charge is 2.29. The molecule has 0 heterocycles. The first-order chi connectivity index (χ1) is 13.6. The van der Waals surface area contributed by atoms with Crippen LogP contribution in [0.2, 0.25) is 5.02 Å². The Kier molecular flexibility index (Phi) is 9.02. The lowest BCUT2D eigenvalue weighted by molar-refractivity contribution is -0.141. The van der Waals surface area contributed by atoms with E-state index in [4.69, 9.17) is 11.6 Å². The normalized spacial score (nSPS) is 11.7. The molecule has 2 amide bonds. The number of hydrogen-bond donors (Lipinski definition) is 1. The van der Waals surface area contributed by atoms with E-state index in [1.165, 1.54) is 0 Å². The van der Waals surface area contributed by atoms with Crippen molar-refractivity contribution >= 4 is 23.4 Å². The van der Waals surface area contributed by atoms with Gasteiger partial charge in [0.25, 0.3) is 0 Å². The maximum atomic E-state index is 13.0. The lowest BCUT2D eigenvalue weighted by atomic mass is 10.0. The molecule has 0 bridgehead atoms. The molecule has 0 aliphatic carbocycles. The lowest BCUT2D eigenvalue weighted by Crippen LogP contribution is -2.50. The molecule has 0 aromatic heterocycles. The number of nitrogens with zero attached hydrogens (tertiary/aromatic N) is 1. The molecule has 28 heavy (non-hydrogen) atoms. The molecule has 5 heteroatoms. The predicted octanol–water partition coefficient (Wildman–Crippen LogP) is 4.61. The zero-order chi connectivity index (χ0) is 20.4. The Morgan fingerprint density at radius 2 is 1.71 bits per heavy atom. The second-order valence-corrected chi connectivity index (χ2v) is 7.22. The van der Waals surface area contributed by atoms with Gasteiger partial charge in [-0.2, -0.15) is 0 Å². The molecule has 0 aliphatic heterocycles. The van der Waals surface area contributed by atoms with Crippen LogP contribution in [0.3, 0.4) is 0 Å². The monoisotopic (exact) mass is 400 g/mol. The van der Waals surface area contributed by atoms with Crippen LogP contribution in [0.5, 0.6) is 0 Å². The van der Waals surface area contributed by atoms with Gasteiger partial charge in [0.1, 0.15) is 6.04 Å². The van der Waals surface area contributed by atoms with Gasteiger partial charge in [-0.3, -0.25) is 9.59 Å². The zero-order valence-electron chi connectivity index (χ0n) is 16.7. The van der Waals surface area contributed by atoms with Crippen molar-refractivity contribution < 1.29 is 9.59 Å². The second-order valence-electron chi connectivity index (χ2n) is 6.82. The maximum Gasteiger partial charge on any atom is 0.243 e. The number of nitrogens with one attached hydrogen (secondary N) is 1. The van der Waals surface area contributed by atoms with Gasteiger partial charge >= 0.3 is 0 Å². The number of carbonyl (C=O) groups is 2. The number of halogens is 1. The molecule has 0 saturated heterocycles. The Morgan fingerprint density at radius 3 is 2.36 bits per heavy atom. The largest absolute Gasteiger partial charge is 0.354 e. The maximum absolute atomic E-state index is 13.0. The van der Waals surface area contributed by atoms with Crippen LogP contribution in [0.4, 0.5) is 0 Å². The van der Waals surface area contributed by atoms with E-state index in [-0.39, 0.29) is 11.8 Å². The number of benzene rings is 2. The van der Waals surface area contributed by atoms with Crippen LogP contribution >= 0.6 is 11.6 Å². The molecule has 0 aliphatic rings. The van der Waals surface area contributed by atoms with Gasteiger partial charge in [-0.1, -0.05) is 80.4 Å². The summed E-state index contributed by atoms with van der Waals surface area (Å²) in [5, 5.41) is 3.60. The van der Waals surface area contributed by atoms with E-state index in [1.807, 2.05) is 55.5 Å². The standard InChI is InChI=1S/C23H29ClN2O2/c1-3-5-15-25-23(28)21(16-18-11-7-6-8-12-18)26(22(27)4-2)17-19-13-9-10-14-20(19)24/h6-14,21H,3-5,15-17H2,1-2H3,(H,25,28)/t21-/m0/s1. The Morgan fingerprint density at radius 1 is 1.04 bits per heavy atom. The summed E-state index contributed by atoms with van der Waals surface area (Å²) >= 11 is 6.32. The van der Waals surface area contributed by atoms with Crippen molar-refractivity contribution in [3.05, 3.63) is 70.7 Å². The van der Waals surface area contributed by atoms with Crippen molar-refractivity contribution in [1.29, 1.82) is 0 Å². The van der Waals surface area contributed by atoms with Gasteiger partial charge in [0.2, 0.25) is 11.8 Å². The Labute approximate surface area is 172 Å². The summed E-state index contributed by atoms with van der Waals surface area (Å²) in [6.07, 6.45) is 2.71. The zero-order valence-corrected chi connectivity index (χ0v) is 17.4. The summed E-state index contributed by atoms with van der Waals surface area (Å²) in [4.78, 5) is 27.5. The van der Waals surface area contributed by atoms with E-state index in [9.17, 15) is 9.59 Å². The SMILES string of the molecule is CCCCNC(=O)[C@H](Cc1ccccc1)N(Cc1ccccc1Cl)C(=O)CC. The Hall–Kier alpha value is -2.33. The van der Waals surface area contributed by atoms with Crippen LogP contribution in [0.15, 0.2) is 54.6 Å². The van der Waals surface area contributed by atoms with Crippen LogP contribution < -0.4 is 5.32 Å². The van der Waals surface area contributed by atoms with Crippen LogP contribution in [-0.2, 0) is 22.6 Å². The fourth-order valence-electron chi connectivity index (χ4n) is 3.07. The Bertz CT molecular complexity index is 764. The van der Waals surface area contributed by atoms with E-state index in [0.29, 0.717) is 31.0 Å². The first kappa shape index (κ1) is 22.0. The van der Waals surface area contributed by atoms with Gasteiger partial charge in [0.05, 0.1) is 0 Å². The minimum atomic E-state index is -0.581. The predicted molar refractivity (Wildman–Crippen MR) is 114 cm³/mol. The summed E-state index contributed by atoms with van der Waals surface area (Å²) in [5.74, 6) is -0.183. The molecular weight excluding hydrogens is 372 g/mol. The smallest absolute Gasteiger partial charge is 0.243 e. The number of carbonyl (C=O) groups excluding carboxylic acids is 2. The molecule has 4 nitrogen and oxygen atoms in total. The molecule has 150 valence electrons. The average Bonchev–Trinajstić information content (AvgIpc) is 2.72. The first-order valence-electron chi connectivity index (χ1n) is 9.91. The first-order valence-corrected chi connectivity index (χ1v) is 10.3. The highest BCUT2D eigenvalue weighted by atomic mass is 35.5. The number of amides is 2. The number of rotatable bonds is 10. The molecule has 0 radical (unpaired) electrons. The van der Waals surface area contributed by atoms with Crippen molar-refractivity contribution in [2.75, 3.05) is 6.54 Å². The summed E-state index contributed by atoms with van der Waals surface area (Å²) in [6.45, 7) is 4.82. The molecule has 0 spiro atoms. The third kappa shape index (κ3) is 6.38. The highest BCUT2D eigenvalue weighted by molar-refractivity contribution is 6.31. The van der Waals surface area contributed by atoms with Gasteiger partial charge in [-0.15, -0.1) is 0 Å². The van der Waals surface area contributed by atoms with Crippen LogP contribution in [0.25, 0.3) is 0 Å². The third-order valence-corrected chi connectivity index (χ3v) is 5.07. The molecule has 1 atom stereocenters. The van der Waals surface area contributed by atoms with E-state index in [0.717, 1.165) is 24.0 Å². The van der Waals surface area contributed by atoms with Crippen molar-refractivity contribution in [3.8, 4) is 0 Å². The van der Waals surface area contributed by atoms with Crippen LogP contribution in [-0.4, -0.2) is 29.3 Å². The minimum Gasteiger partial charge on any atom is -0.354 e. The van der Waals surface area contributed by atoms with Gasteiger partial charge < -0.3 is 10.2 Å². The van der Waals surface area contributed by atoms with E-state index in [1.54, 1.807) is 11.0 Å². The molecule has 2 rings (SSSR count). The quantitative estimate of drug-likeness (QED) is 0.592. The Balaban J connectivity index is 2.31. The van der Waals surface area contributed by atoms with Crippen molar-refractivity contribution in [1.82, 2.24) is 10.2 Å². The summed E-state index contributed by atoms with van der Waals surface area (Å²) in [6, 6.07) is 16.7. The van der Waals surface area contributed by atoms with E-state index in [2.05, 4.69) is 12.2 Å². The molecule has 2 aromatic rings. The second kappa shape index (κ2) is 11.5. The van der Waals surface area contributed by atoms with Crippen LogP contribution in [0.1, 0.15) is 44.2 Å². The topological polar surface area (TPSA) is 49.4 Å². The fraction of sp³-hybridized carbons (Fsp3) is 0.391. The van der Waals surface area contributed by atoms with Crippen LogP contribution in [0, 0.1) is 0 Å². The van der Waals surface area contributed by atoms with Crippen molar-refractivity contribution in [2.45, 2.75) is 52.1 Å². The molecule has 2 aromatic carbocycles. The minimum absolute atomic E-state index is 0.0634. The summed E-state index contributed by atoms with van der Waals surface area (Å²) < 4.78 is 0. The van der Waals surface area contributed by atoms with Crippen molar-refractivity contribution in [2.24, 2.45) is 0 Å². The van der Waals surface area contributed by atoms with Gasteiger partial charge in [0.15, 0.2) is 0 Å². The molecule has 0 fully saturated rings. The van der Waals surface area contributed by atoms with Gasteiger partial charge in [-0.05, 0) is 23.6 Å². The fourth-order valence-corrected chi connectivity index (χ4v) is 3.27. The highest BCUT2D eigenvalue weighted by Crippen LogP contribution is 2.21. The third-order valence-electron chi connectivity index (χ3n) is 4.70. The number of unbranched alkanes of at least 4 members (excludes halogenated alkanes) is 1. The molecule has 0 saturated carbocycles.